The summed E-state index contributed by atoms with van der Waals surface area (Å²) in [6, 6.07) is 7.66. The monoisotopic (exact) mass is 180 g/mol. The lowest BCUT2D eigenvalue weighted by molar-refractivity contribution is 0.286. The molecule has 0 amide bonds. The zero-order valence-corrected chi connectivity index (χ0v) is 7.66. The van der Waals surface area contributed by atoms with Gasteiger partial charge in [-0.1, -0.05) is 6.07 Å². The average Bonchev–Trinajstić information content (AvgIpc) is 2.13. The molecular weight excluding hydrogens is 164 g/mol. The van der Waals surface area contributed by atoms with E-state index in [9.17, 15) is 0 Å². The van der Waals surface area contributed by atoms with Crippen LogP contribution in [0.1, 0.15) is 12.8 Å². The Kier molecular flexibility index (Phi) is 4.12. The van der Waals surface area contributed by atoms with Gasteiger partial charge in [0.1, 0.15) is 0 Å². The Balaban J connectivity index is 2.28. The Morgan fingerprint density at radius 3 is 2.85 bits per heavy atom. The molecule has 1 rings (SSSR count). The van der Waals surface area contributed by atoms with Crippen LogP contribution in [0.3, 0.4) is 0 Å². The maximum Gasteiger partial charge on any atom is 0.0431 e. The summed E-state index contributed by atoms with van der Waals surface area (Å²) in [7, 11) is 0. The van der Waals surface area contributed by atoms with Crippen LogP contribution in [-0.2, 0) is 0 Å². The molecule has 3 nitrogen and oxygen atoms in total. The van der Waals surface area contributed by atoms with Gasteiger partial charge >= 0.3 is 0 Å². The molecule has 0 aliphatic carbocycles. The fraction of sp³-hybridized carbons (Fsp3) is 0.400. The highest BCUT2D eigenvalue weighted by Gasteiger charge is 1.91. The fourth-order valence-corrected chi connectivity index (χ4v) is 1.12. The Hall–Kier alpha value is -1.22. The third-order valence-corrected chi connectivity index (χ3v) is 1.80. The molecule has 0 heterocycles. The first-order chi connectivity index (χ1) is 6.33. The molecule has 0 spiro atoms. The van der Waals surface area contributed by atoms with Crippen LogP contribution in [0.25, 0.3) is 0 Å². The van der Waals surface area contributed by atoms with E-state index in [1.165, 1.54) is 0 Å². The molecule has 0 unspecified atom stereocenters. The standard InChI is InChI=1S/C10H16N2O/c11-9-4-3-5-10(8-9)12-6-1-2-7-13/h3-5,8,12-13H,1-2,6-7,11H2. The number of hydrogen-bond donors (Lipinski definition) is 3. The number of rotatable bonds is 5. The summed E-state index contributed by atoms with van der Waals surface area (Å²) >= 11 is 0. The first kappa shape index (κ1) is 9.86. The molecule has 0 radical (unpaired) electrons. The number of anilines is 2. The zero-order chi connectivity index (χ0) is 9.52. The quantitative estimate of drug-likeness (QED) is 0.475. The third-order valence-electron chi connectivity index (χ3n) is 1.80. The molecule has 0 aromatic heterocycles. The van der Waals surface area contributed by atoms with Crippen LogP contribution in [0.15, 0.2) is 24.3 Å². The molecule has 0 bridgehead atoms. The second kappa shape index (κ2) is 5.43. The van der Waals surface area contributed by atoms with Gasteiger partial charge in [0.2, 0.25) is 0 Å². The van der Waals surface area contributed by atoms with Crippen LogP contribution >= 0.6 is 0 Å². The summed E-state index contributed by atoms with van der Waals surface area (Å²) in [5, 5.41) is 11.8. The minimum absolute atomic E-state index is 0.263. The molecule has 4 N–H and O–H groups in total. The topological polar surface area (TPSA) is 58.3 Å². The largest absolute Gasteiger partial charge is 0.399 e. The minimum atomic E-state index is 0.263. The van der Waals surface area contributed by atoms with Gasteiger partial charge in [-0.15, -0.1) is 0 Å². The second-order valence-corrected chi connectivity index (χ2v) is 2.98. The van der Waals surface area contributed by atoms with Crippen molar-refractivity contribution in [2.24, 2.45) is 0 Å². The lowest BCUT2D eigenvalue weighted by Crippen LogP contribution is -2.02. The first-order valence-corrected chi connectivity index (χ1v) is 4.53. The van der Waals surface area contributed by atoms with Crippen molar-refractivity contribution in [3.63, 3.8) is 0 Å². The summed E-state index contributed by atoms with van der Waals surface area (Å²) in [5.74, 6) is 0. The summed E-state index contributed by atoms with van der Waals surface area (Å²) in [6.07, 6.45) is 1.82. The van der Waals surface area contributed by atoms with Crippen molar-refractivity contribution in [2.45, 2.75) is 12.8 Å². The molecule has 1 aromatic carbocycles. The number of nitrogens with two attached hydrogens (primary N) is 1. The van der Waals surface area contributed by atoms with Crippen LogP contribution < -0.4 is 11.1 Å². The molecule has 1 aromatic rings. The van der Waals surface area contributed by atoms with Gasteiger partial charge in [0.05, 0.1) is 0 Å². The lowest BCUT2D eigenvalue weighted by Gasteiger charge is -2.05. The van der Waals surface area contributed by atoms with Crippen molar-refractivity contribution in [2.75, 3.05) is 24.2 Å². The Labute approximate surface area is 78.6 Å². The molecule has 0 atom stereocenters. The number of nitrogen functional groups attached to an aromatic ring is 1. The molecule has 13 heavy (non-hydrogen) atoms. The third kappa shape index (κ3) is 3.80. The Morgan fingerprint density at radius 2 is 2.15 bits per heavy atom. The van der Waals surface area contributed by atoms with Crippen LogP contribution in [0.5, 0.6) is 0 Å². The number of unbranched alkanes of at least 4 members (excludes halogenated alkanes) is 1. The van der Waals surface area contributed by atoms with Crippen molar-refractivity contribution in [3.8, 4) is 0 Å². The van der Waals surface area contributed by atoms with E-state index in [0.717, 1.165) is 30.8 Å². The van der Waals surface area contributed by atoms with Gasteiger partial charge in [-0.05, 0) is 31.0 Å². The van der Waals surface area contributed by atoms with Gasteiger partial charge in [-0.3, -0.25) is 0 Å². The zero-order valence-electron chi connectivity index (χ0n) is 7.66. The SMILES string of the molecule is Nc1cccc(NCCCCO)c1. The van der Waals surface area contributed by atoms with Crippen LogP contribution in [0.2, 0.25) is 0 Å². The van der Waals surface area contributed by atoms with E-state index in [4.69, 9.17) is 10.8 Å². The predicted molar refractivity (Wildman–Crippen MR) is 55.7 cm³/mol. The number of aliphatic hydroxyl groups excluding tert-OH is 1. The van der Waals surface area contributed by atoms with Crippen molar-refractivity contribution >= 4 is 11.4 Å². The molecule has 0 saturated carbocycles. The maximum absolute atomic E-state index is 8.56. The van der Waals surface area contributed by atoms with Gasteiger partial charge in [0, 0.05) is 24.5 Å². The second-order valence-electron chi connectivity index (χ2n) is 2.98. The minimum Gasteiger partial charge on any atom is -0.399 e. The molecule has 0 fully saturated rings. The highest BCUT2D eigenvalue weighted by Crippen LogP contribution is 2.11. The van der Waals surface area contributed by atoms with Crippen molar-refractivity contribution in [1.29, 1.82) is 0 Å². The number of hydrogen-bond acceptors (Lipinski definition) is 3. The predicted octanol–water partition coefficient (Wildman–Crippen LogP) is 1.45. The maximum atomic E-state index is 8.56. The number of benzene rings is 1. The molecular formula is C10H16N2O. The Morgan fingerprint density at radius 1 is 1.31 bits per heavy atom. The van der Waals surface area contributed by atoms with E-state index in [-0.39, 0.29) is 6.61 Å². The summed E-state index contributed by atoms with van der Waals surface area (Å²) in [5.41, 5.74) is 7.42. The van der Waals surface area contributed by atoms with E-state index in [1.54, 1.807) is 0 Å². The summed E-state index contributed by atoms with van der Waals surface area (Å²) in [6.45, 7) is 1.14. The van der Waals surface area contributed by atoms with Crippen molar-refractivity contribution in [3.05, 3.63) is 24.3 Å². The smallest absolute Gasteiger partial charge is 0.0431 e. The van der Waals surface area contributed by atoms with Crippen molar-refractivity contribution < 1.29 is 5.11 Å². The first-order valence-electron chi connectivity index (χ1n) is 4.53. The van der Waals surface area contributed by atoms with Crippen LogP contribution in [-0.4, -0.2) is 18.3 Å². The Bertz CT molecular complexity index is 250. The average molecular weight is 180 g/mol. The molecule has 0 aliphatic rings. The summed E-state index contributed by atoms with van der Waals surface area (Å²) < 4.78 is 0. The molecule has 0 saturated heterocycles. The number of nitrogens with one attached hydrogen (secondary N) is 1. The highest BCUT2D eigenvalue weighted by molar-refractivity contribution is 5.53. The lowest BCUT2D eigenvalue weighted by atomic mass is 10.2. The molecule has 3 heteroatoms. The van der Waals surface area contributed by atoms with Gasteiger partial charge in [-0.25, -0.2) is 0 Å². The summed E-state index contributed by atoms with van der Waals surface area (Å²) in [4.78, 5) is 0. The van der Waals surface area contributed by atoms with Crippen LogP contribution in [0.4, 0.5) is 11.4 Å². The highest BCUT2D eigenvalue weighted by atomic mass is 16.2. The van der Waals surface area contributed by atoms with Gasteiger partial charge in [0.15, 0.2) is 0 Å². The molecule has 72 valence electrons. The van der Waals surface area contributed by atoms with E-state index in [0.29, 0.717) is 0 Å². The fourth-order valence-electron chi connectivity index (χ4n) is 1.12. The van der Waals surface area contributed by atoms with E-state index >= 15 is 0 Å². The van der Waals surface area contributed by atoms with Gasteiger partial charge < -0.3 is 16.2 Å². The molecule has 0 aliphatic heterocycles. The van der Waals surface area contributed by atoms with Gasteiger partial charge in [-0.2, -0.15) is 0 Å². The van der Waals surface area contributed by atoms with Crippen molar-refractivity contribution in [1.82, 2.24) is 0 Å². The number of aliphatic hydroxyl groups is 1. The normalized spacial score (nSPS) is 9.92. The van der Waals surface area contributed by atoms with E-state index < -0.39 is 0 Å². The van der Waals surface area contributed by atoms with E-state index in [1.807, 2.05) is 24.3 Å². The van der Waals surface area contributed by atoms with Crippen LogP contribution in [0, 0.1) is 0 Å². The van der Waals surface area contributed by atoms with E-state index in [2.05, 4.69) is 5.32 Å². The van der Waals surface area contributed by atoms with Gasteiger partial charge in [0.25, 0.3) is 0 Å².